The molecule has 1 atom stereocenters. The average molecular weight is 364 g/mol. The van der Waals surface area contributed by atoms with Gasteiger partial charge < -0.3 is 14.8 Å². The van der Waals surface area contributed by atoms with Crippen molar-refractivity contribution < 1.29 is 14.3 Å². The minimum absolute atomic E-state index is 0.379. The van der Waals surface area contributed by atoms with E-state index in [4.69, 9.17) is 16.3 Å². The Balaban J connectivity index is 2.02. The summed E-state index contributed by atoms with van der Waals surface area (Å²) in [5.74, 6) is 1.00. The molecule has 2 heterocycles. The minimum atomic E-state index is -0.794. The van der Waals surface area contributed by atoms with Crippen LogP contribution in [-0.4, -0.2) is 24.1 Å². The first-order chi connectivity index (χ1) is 11.6. The Bertz CT molecular complexity index is 800. The highest BCUT2D eigenvalue weighted by atomic mass is 35.5. The molecule has 0 fully saturated rings. The first-order valence-electron chi connectivity index (χ1n) is 7.05. The van der Waals surface area contributed by atoms with Crippen LogP contribution >= 0.6 is 22.9 Å². The summed E-state index contributed by atoms with van der Waals surface area (Å²) in [6.45, 7) is 1.81. The third kappa shape index (κ3) is 3.42. The van der Waals surface area contributed by atoms with Crippen molar-refractivity contribution in [2.24, 2.45) is 4.99 Å². The molecule has 6 nitrogen and oxygen atoms in total. The molecule has 1 aliphatic rings. The van der Waals surface area contributed by atoms with Crippen molar-refractivity contribution in [1.29, 1.82) is 0 Å². The van der Waals surface area contributed by atoms with E-state index < -0.39 is 12.2 Å². The van der Waals surface area contributed by atoms with Crippen LogP contribution in [0.3, 0.4) is 0 Å². The lowest BCUT2D eigenvalue weighted by Crippen LogP contribution is -2.31. The van der Waals surface area contributed by atoms with Gasteiger partial charge in [0.05, 0.1) is 12.8 Å². The summed E-state index contributed by atoms with van der Waals surface area (Å²) in [6.07, 6.45) is 0.916. The van der Waals surface area contributed by atoms with Crippen LogP contribution in [-0.2, 0) is 9.47 Å². The molecule has 2 aromatic rings. The number of aromatic nitrogens is 1. The Labute approximate surface area is 147 Å². The molecule has 124 valence electrons. The fourth-order valence-corrected chi connectivity index (χ4v) is 2.96. The third-order valence-electron chi connectivity index (χ3n) is 3.36. The van der Waals surface area contributed by atoms with Crippen LogP contribution in [0, 0.1) is 0 Å². The van der Waals surface area contributed by atoms with Crippen molar-refractivity contribution in [1.82, 2.24) is 10.3 Å². The zero-order valence-corrected chi connectivity index (χ0v) is 14.5. The molecule has 0 bridgehead atoms. The van der Waals surface area contributed by atoms with Crippen LogP contribution in [0.2, 0.25) is 5.02 Å². The standard InChI is InChI=1S/C16H14ClN3O3S/c1-9-13(23-16(21)22-2)12(10-3-5-11(17)6-4-10)20-14(19-9)15-18-7-8-24-15/h3-8,12H,1-2H3,(H,19,20). The number of ether oxygens (including phenoxy) is 2. The van der Waals surface area contributed by atoms with E-state index in [0.717, 1.165) is 10.6 Å². The monoisotopic (exact) mass is 363 g/mol. The molecule has 0 amide bonds. The fourth-order valence-electron chi connectivity index (χ4n) is 2.25. The molecular formula is C16H14ClN3O3S. The van der Waals surface area contributed by atoms with Crippen molar-refractivity contribution in [3.8, 4) is 0 Å². The van der Waals surface area contributed by atoms with Gasteiger partial charge in [0.1, 0.15) is 6.04 Å². The van der Waals surface area contributed by atoms with Crippen molar-refractivity contribution in [3.05, 3.63) is 62.9 Å². The van der Waals surface area contributed by atoms with E-state index in [1.807, 2.05) is 24.4 Å². The zero-order chi connectivity index (χ0) is 17.1. The van der Waals surface area contributed by atoms with Gasteiger partial charge in [0.25, 0.3) is 0 Å². The van der Waals surface area contributed by atoms with Crippen LogP contribution < -0.4 is 5.32 Å². The molecule has 0 aliphatic carbocycles. The topological polar surface area (TPSA) is 72.8 Å². The fraction of sp³-hybridized carbons (Fsp3) is 0.188. The number of rotatable bonds is 3. The molecule has 0 radical (unpaired) electrons. The molecule has 0 saturated heterocycles. The summed E-state index contributed by atoms with van der Waals surface area (Å²) < 4.78 is 9.92. The Hall–Kier alpha value is -2.38. The number of thiazole rings is 1. The number of allylic oxidation sites excluding steroid dienone is 1. The van der Waals surface area contributed by atoms with Gasteiger partial charge in [0.2, 0.25) is 0 Å². The van der Waals surface area contributed by atoms with E-state index in [1.165, 1.54) is 18.4 Å². The first kappa shape index (κ1) is 16.5. The van der Waals surface area contributed by atoms with E-state index >= 15 is 0 Å². The number of carbonyl (C=O) groups is 1. The average Bonchev–Trinajstić information content (AvgIpc) is 3.11. The van der Waals surface area contributed by atoms with Gasteiger partial charge in [0, 0.05) is 16.6 Å². The molecule has 3 rings (SSSR count). The Morgan fingerprint density at radius 1 is 1.33 bits per heavy atom. The maximum atomic E-state index is 11.6. The van der Waals surface area contributed by atoms with E-state index in [0.29, 0.717) is 22.3 Å². The van der Waals surface area contributed by atoms with Gasteiger partial charge in [-0.3, -0.25) is 0 Å². The zero-order valence-electron chi connectivity index (χ0n) is 12.9. The maximum Gasteiger partial charge on any atom is 0.513 e. The molecule has 0 spiro atoms. The van der Waals surface area contributed by atoms with Crippen molar-refractivity contribution >= 4 is 34.9 Å². The molecule has 1 N–H and O–H groups in total. The normalized spacial score (nSPS) is 17.1. The van der Waals surface area contributed by atoms with Crippen molar-refractivity contribution in [2.75, 3.05) is 7.11 Å². The SMILES string of the molecule is COC(=O)OC1=C(C)NC(c2nccs2)=NC1c1ccc(Cl)cc1. The Morgan fingerprint density at radius 2 is 2.08 bits per heavy atom. The molecule has 1 aliphatic heterocycles. The number of nitrogens with zero attached hydrogens (tertiary/aromatic N) is 2. The van der Waals surface area contributed by atoms with Crippen LogP contribution in [0.5, 0.6) is 0 Å². The quantitative estimate of drug-likeness (QED) is 0.837. The van der Waals surface area contributed by atoms with Gasteiger partial charge in [0.15, 0.2) is 16.6 Å². The van der Waals surface area contributed by atoms with E-state index in [1.54, 1.807) is 18.3 Å². The predicted molar refractivity (Wildman–Crippen MR) is 92.2 cm³/mol. The second kappa shape index (κ2) is 7.02. The van der Waals surface area contributed by atoms with Crippen molar-refractivity contribution in [2.45, 2.75) is 13.0 Å². The first-order valence-corrected chi connectivity index (χ1v) is 8.31. The van der Waals surface area contributed by atoms with Gasteiger partial charge in [-0.05, 0) is 24.6 Å². The highest BCUT2D eigenvalue weighted by Crippen LogP contribution is 2.33. The number of hydrogen-bond donors (Lipinski definition) is 1. The molecule has 24 heavy (non-hydrogen) atoms. The van der Waals surface area contributed by atoms with Gasteiger partial charge in [-0.2, -0.15) is 0 Å². The van der Waals surface area contributed by atoms with Crippen LogP contribution in [0.25, 0.3) is 0 Å². The summed E-state index contributed by atoms with van der Waals surface area (Å²) in [6, 6.07) is 6.72. The van der Waals surface area contributed by atoms with Gasteiger partial charge in [-0.15, -0.1) is 11.3 Å². The molecule has 0 saturated carbocycles. The maximum absolute atomic E-state index is 11.6. The minimum Gasteiger partial charge on any atom is -0.437 e. The number of methoxy groups -OCH3 is 1. The van der Waals surface area contributed by atoms with E-state index in [9.17, 15) is 4.79 Å². The third-order valence-corrected chi connectivity index (χ3v) is 4.39. The molecule has 8 heteroatoms. The number of halogens is 1. The lowest BCUT2D eigenvalue weighted by molar-refractivity contribution is 0.0913. The molecule has 1 aromatic carbocycles. The smallest absolute Gasteiger partial charge is 0.437 e. The Kier molecular flexibility index (Phi) is 4.82. The van der Waals surface area contributed by atoms with Crippen LogP contribution in [0.15, 0.2) is 52.3 Å². The number of amidine groups is 1. The van der Waals surface area contributed by atoms with Crippen LogP contribution in [0.1, 0.15) is 23.5 Å². The highest BCUT2D eigenvalue weighted by Gasteiger charge is 2.29. The van der Waals surface area contributed by atoms with Crippen molar-refractivity contribution in [3.63, 3.8) is 0 Å². The largest absolute Gasteiger partial charge is 0.513 e. The summed E-state index contributed by atoms with van der Waals surface area (Å²) in [5, 5.41) is 6.37. The Morgan fingerprint density at radius 3 is 2.71 bits per heavy atom. The number of carbonyl (C=O) groups excluding carboxylic acids is 1. The van der Waals surface area contributed by atoms with Gasteiger partial charge >= 0.3 is 6.16 Å². The summed E-state index contributed by atoms with van der Waals surface area (Å²) in [5.41, 5.74) is 1.51. The highest BCUT2D eigenvalue weighted by molar-refractivity contribution is 7.11. The summed E-state index contributed by atoms with van der Waals surface area (Å²) in [7, 11) is 1.26. The van der Waals surface area contributed by atoms with E-state index in [2.05, 4.69) is 20.0 Å². The van der Waals surface area contributed by atoms with Gasteiger partial charge in [-0.1, -0.05) is 23.7 Å². The number of benzene rings is 1. The lowest BCUT2D eigenvalue weighted by Gasteiger charge is -2.25. The van der Waals surface area contributed by atoms with Gasteiger partial charge in [-0.25, -0.2) is 14.8 Å². The van der Waals surface area contributed by atoms with E-state index in [-0.39, 0.29) is 0 Å². The number of aliphatic imine (C=N–C) groups is 1. The number of nitrogens with one attached hydrogen (secondary N) is 1. The summed E-state index contributed by atoms with van der Waals surface area (Å²) in [4.78, 5) is 20.5. The number of hydrogen-bond acceptors (Lipinski definition) is 7. The second-order valence-corrected chi connectivity index (χ2v) is 6.27. The molecule has 1 unspecified atom stereocenters. The lowest BCUT2D eigenvalue weighted by atomic mass is 10.0. The molecular weight excluding hydrogens is 350 g/mol. The molecule has 1 aromatic heterocycles. The predicted octanol–water partition coefficient (Wildman–Crippen LogP) is 3.90. The summed E-state index contributed by atoms with van der Waals surface area (Å²) >= 11 is 7.43. The van der Waals surface area contributed by atoms with Crippen LogP contribution in [0.4, 0.5) is 4.79 Å². The second-order valence-electron chi connectivity index (χ2n) is 4.94.